The lowest BCUT2D eigenvalue weighted by atomic mass is 10.1. The van der Waals surface area contributed by atoms with Crippen molar-refractivity contribution in [1.82, 2.24) is 15.0 Å². The number of hydrogen-bond acceptors (Lipinski definition) is 4. The Kier molecular flexibility index (Phi) is 5.20. The molecule has 0 atom stereocenters. The van der Waals surface area contributed by atoms with Crippen LogP contribution in [0.25, 0.3) is 21.1 Å². The lowest BCUT2D eigenvalue weighted by Crippen LogP contribution is -2.08. The van der Waals surface area contributed by atoms with E-state index in [9.17, 15) is 0 Å². The van der Waals surface area contributed by atoms with Gasteiger partial charge in [0.25, 0.3) is 0 Å². The van der Waals surface area contributed by atoms with Gasteiger partial charge in [0.15, 0.2) is 0 Å². The lowest BCUT2D eigenvalue weighted by Gasteiger charge is -2.09. The van der Waals surface area contributed by atoms with Gasteiger partial charge >= 0.3 is 0 Å². The summed E-state index contributed by atoms with van der Waals surface area (Å²) in [6, 6.07) is 21.1. The van der Waals surface area contributed by atoms with E-state index in [-0.39, 0.29) is 0 Å². The predicted octanol–water partition coefficient (Wildman–Crippen LogP) is 5.98. The fraction of sp³-hybridized carbons (Fsp3) is 0.200. The number of para-hydroxylation sites is 1. The number of aromatic amines is 1. The van der Waals surface area contributed by atoms with Crippen LogP contribution in [0.3, 0.4) is 0 Å². The molecule has 0 fully saturated rings. The molecule has 4 nitrogen and oxygen atoms in total. The van der Waals surface area contributed by atoms with Crippen LogP contribution in [0.4, 0.5) is 5.82 Å². The Balaban J connectivity index is 1.40. The van der Waals surface area contributed by atoms with E-state index in [1.54, 1.807) is 11.3 Å². The minimum atomic E-state index is 0.743. The van der Waals surface area contributed by atoms with Gasteiger partial charge in [-0.2, -0.15) is 0 Å². The average molecular weight is 413 g/mol. The van der Waals surface area contributed by atoms with Crippen molar-refractivity contribution >= 4 is 38.3 Å². The molecule has 0 aliphatic carbocycles. The van der Waals surface area contributed by atoms with E-state index in [2.05, 4.69) is 78.0 Å². The summed E-state index contributed by atoms with van der Waals surface area (Å²) in [5.74, 6) is 1.81. The minimum absolute atomic E-state index is 0.743. The van der Waals surface area contributed by atoms with Gasteiger partial charge in [-0.1, -0.05) is 55.5 Å². The molecule has 0 amide bonds. The molecule has 2 aromatic carbocycles. The molecule has 0 saturated heterocycles. The Morgan fingerprint density at radius 2 is 1.80 bits per heavy atom. The molecule has 0 radical (unpaired) electrons. The molecule has 150 valence electrons. The predicted molar refractivity (Wildman–Crippen MR) is 127 cm³/mol. The van der Waals surface area contributed by atoms with E-state index >= 15 is 0 Å². The van der Waals surface area contributed by atoms with Crippen LogP contribution in [-0.4, -0.2) is 21.5 Å². The number of benzene rings is 2. The molecule has 0 unspecified atom stereocenters. The van der Waals surface area contributed by atoms with Gasteiger partial charge in [-0.05, 0) is 36.1 Å². The highest BCUT2D eigenvalue weighted by Gasteiger charge is 2.12. The number of H-pyrrole nitrogens is 1. The minimum Gasteiger partial charge on any atom is -0.369 e. The van der Waals surface area contributed by atoms with E-state index in [0.29, 0.717) is 0 Å². The molecule has 3 heterocycles. The van der Waals surface area contributed by atoms with Crippen LogP contribution in [-0.2, 0) is 19.3 Å². The maximum absolute atomic E-state index is 4.90. The summed E-state index contributed by atoms with van der Waals surface area (Å²) in [4.78, 5) is 15.5. The Morgan fingerprint density at radius 1 is 0.967 bits per heavy atom. The van der Waals surface area contributed by atoms with Gasteiger partial charge < -0.3 is 10.3 Å². The second-order valence-corrected chi connectivity index (χ2v) is 8.59. The first-order chi connectivity index (χ1) is 14.8. The molecule has 5 aromatic rings. The molecular weight excluding hydrogens is 388 g/mol. The van der Waals surface area contributed by atoms with Crippen molar-refractivity contribution in [2.45, 2.75) is 26.2 Å². The van der Waals surface area contributed by atoms with Crippen LogP contribution in [0.5, 0.6) is 0 Å². The first kappa shape index (κ1) is 18.8. The van der Waals surface area contributed by atoms with Crippen LogP contribution in [0.15, 0.2) is 66.9 Å². The van der Waals surface area contributed by atoms with Crippen LogP contribution in [0, 0.1) is 0 Å². The number of fused-ring (bicyclic) bond motifs is 2. The van der Waals surface area contributed by atoms with Gasteiger partial charge in [-0.15, -0.1) is 11.3 Å². The SMILES string of the molecule is CCc1cc2c(NCCc3c[nH]c4ccccc34)nc(Cc3ccccc3)nc2s1. The summed E-state index contributed by atoms with van der Waals surface area (Å²) < 4.78 is 0. The topological polar surface area (TPSA) is 53.6 Å². The summed E-state index contributed by atoms with van der Waals surface area (Å²) in [5.41, 5.74) is 3.74. The van der Waals surface area contributed by atoms with E-state index in [1.165, 1.54) is 26.9 Å². The summed E-state index contributed by atoms with van der Waals surface area (Å²) in [5, 5.41) is 6.02. The normalized spacial score (nSPS) is 11.4. The number of anilines is 1. The molecule has 0 aliphatic rings. The van der Waals surface area contributed by atoms with Gasteiger partial charge in [0, 0.05) is 34.9 Å². The monoisotopic (exact) mass is 412 g/mol. The largest absolute Gasteiger partial charge is 0.369 e. The third kappa shape index (κ3) is 3.81. The molecule has 0 spiro atoms. The van der Waals surface area contributed by atoms with Gasteiger partial charge in [0.2, 0.25) is 0 Å². The highest BCUT2D eigenvalue weighted by Crippen LogP contribution is 2.30. The fourth-order valence-electron chi connectivity index (χ4n) is 3.84. The Hall–Kier alpha value is -3.18. The standard InChI is InChI=1S/C25H24N4S/c1-2-19-15-21-24(26-13-12-18-16-27-22-11-7-6-10-20(18)22)28-23(29-25(21)30-19)14-17-8-4-3-5-9-17/h3-11,15-16,27H,2,12-14H2,1H3,(H,26,28,29). The third-order valence-corrected chi connectivity index (χ3v) is 6.58. The number of nitrogens with zero attached hydrogens (tertiary/aromatic N) is 2. The zero-order valence-corrected chi connectivity index (χ0v) is 17.8. The molecule has 5 heteroatoms. The van der Waals surface area contributed by atoms with Crippen LogP contribution >= 0.6 is 11.3 Å². The molecular formula is C25H24N4S. The summed E-state index contributed by atoms with van der Waals surface area (Å²) in [6.07, 6.45) is 4.81. The second kappa shape index (κ2) is 8.28. The number of thiophene rings is 1. The molecule has 0 bridgehead atoms. The number of rotatable bonds is 7. The van der Waals surface area contributed by atoms with Crippen molar-refractivity contribution in [2.75, 3.05) is 11.9 Å². The first-order valence-corrected chi connectivity index (χ1v) is 11.2. The third-order valence-electron chi connectivity index (χ3n) is 5.41. The van der Waals surface area contributed by atoms with Crippen molar-refractivity contribution in [3.63, 3.8) is 0 Å². The van der Waals surface area contributed by atoms with Crippen molar-refractivity contribution in [3.8, 4) is 0 Å². The van der Waals surface area contributed by atoms with E-state index in [1.807, 2.05) is 6.07 Å². The highest BCUT2D eigenvalue weighted by atomic mass is 32.1. The molecule has 0 saturated carbocycles. The van der Waals surface area contributed by atoms with Crippen LogP contribution in [0.2, 0.25) is 0 Å². The number of aryl methyl sites for hydroxylation is 1. The van der Waals surface area contributed by atoms with E-state index < -0.39 is 0 Å². The summed E-state index contributed by atoms with van der Waals surface area (Å²) in [6.45, 7) is 3.02. The van der Waals surface area contributed by atoms with Crippen molar-refractivity contribution in [3.05, 3.63) is 88.7 Å². The van der Waals surface area contributed by atoms with Crippen molar-refractivity contribution in [1.29, 1.82) is 0 Å². The van der Waals surface area contributed by atoms with Crippen molar-refractivity contribution in [2.24, 2.45) is 0 Å². The number of nitrogens with one attached hydrogen (secondary N) is 2. The fourth-order valence-corrected chi connectivity index (χ4v) is 4.82. The zero-order chi connectivity index (χ0) is 20.3. The Bertz CT molecular complexity index is 1290. The second-order valence-electron chi connectivity index (χ2n) is 7.47. The lowest BCUT2D eigenvalue weighted by molar-refractivity contribution is 0.969. The van der Waals surface area contributed by atoms with E-state index in [0.717, 1.165) is 47.7 Å². The van der Waals surface area contributed by atoms with Gasteiger partial charge in [-0.3, -0.25) is 0 Å². The molecule has 3 aromatic heterocycles. The van der Waals surface area contributed by atoms with E-state index in [4.69, 9.17) is 9.97 Å². The zero-order valence-electron chi connectivity index (χ0n) is 17.0. The maximum Gasteiger partial charge on any atom is 0.138 e. The highest BCUT2D eigenvalue weighted by molar-refractivity contribution is 7.18. The first-order valence-electron chi connectivity index (χ1n) is 10.4. The quantitative estimate of drug-likeness (QED) is 0.346. The van der Waals surface area contributed by atoms with Gasteiger partial charge in [0.1, 0.15) is 16.5 Å². The molecule has 5 rings (SSSR count). The van der Waals surface area contributed by atoms with Crippen LogP contribution in [0.1, 0.15) is 28.8 Å². The summed E-state index contributed by atoms with van der Waals surface area (Å²) in [7, 11) is 0. The average Bonchev–Trinajstić information content (AvgIpc) is 3.39. The summed E-state index contributed by atoms with van der Waals surface area (Å²) >= 11 is 1.77. The Morgan fingerprint density at radius 3 is 2.67 bits per heavy atom. The molecule has 0 aliphatic heterocycles. The molecule has 2 N–H and O–H groups in total. The maximum atomic E-state index is 4.90. The smallest absolute Gasteiger partial charge is 0.138 e. The van der Waals surface area contributed by atoms with Crippen molar-refractivity contribution < 1.29 is 0 Å². The Labute approximate surface area is 180 Å². The number of aromatic nitrogens is 3. The molecule has 30 heavy (non-hydrogen) atoms. The van der Waals surface area contributed by atoms with Gasteiger partial charge in [0.05, 0.1) is 5.39 Å². The number of hydrogen-bond donors (Lipinski definition) is 2. The van der Waals surface area contributed by atoms with Crippen LogP contribution < -0.4 is 5.32 Å². The van der Waals surface area contributed by atoms with Gasteiger partial charge in [-0.25, -0.2) is 9.97 Å².